The summed E-state index contributed by atoms with van der Waals surface area (Å²) in [5.74, 6) is 0.651. The number of hydrogen-bond donors (Lipinski definition) is 1. The van der Waals surface area contributed by atoms with Crippen LogP contribution in [0, 0.1) is 13.8 Å². The van der Waals surface area contributed by atoms with E-state index in [1.807, 2.05) is 80.5 Å². The van der Waals surface area contributed by atoms with Crippen LogP contribution in [-0.2, 0) is 28.5 Å². The molecule has 0 fully saturated rings. The number of nitrogens with zero attached hydrogens (tertiary/aromatic N) is 3. The molecule has 2 heterocycles. The average Bonchev–Trinajstić information content (AvgIpc) is 2.93. The van der Waals surface area contributed by atoms with Gasteiger partial charge in [-0.2, -0.15) is 0 Å². The number of pyridine rings is 2. The normalized spacial score (nSPS) is 10.6. The summed E-state index contributed by atoms with van der Waals surface area (Å²) in [5.41, 5.74) is 0.943. The molecule has 264 valence electrons. The predicted octanol–water partition coefficient (Wildman–Crippen LogP) is 7.94. The summed E-state index contributed by atoms with van der Waals surface area (Å²) in [5, 5.41) is 3.43. The van der Waals surface area contributed by atoms with E-state index in [1.165, 1.54) is 4.90 Å². The fraction of sp³-hybridized carbons (Fsp3) is 0.588. The molecule has 13 heteroatoms. The van der Waals surface area contributed by atoms with E-state index in [4.69, 9.17) is 14.2 Å². The lowest BCUT2D eigenvalue weighted by molar-refractivity contribution is -0.144. The number of anilines is 2. The molecule has 2 amide bonds. The molecule has 0 bridgehead atoms. The van der Waals surface area contributed by atoms with Crippen LogP contribution < -0.4 is 10.2 Å². The van der Waals surface area contributed by atoms with E-state index in [0.29, 0.717) is 44.2 Å². The van der Waals surface area contributed by atoms with Gasteiger partial charge in [-0.05, 0) is 117 Å². The van der Waals surface area contributed by atoms with Crippen molar-refractivity contribution >= 4 is 51.7 Å². The quantitative estimate of drug-likeness (QED) is 0.138. The van der Waals surface area contributed by atoms with Gasteiger partial charge in [0, 0.05) is 37.1 Å². The van der Waals surface area contributed by atoms with Gasteiger partial charge in [0.15, 0.2) is 0 Å². The zero-order chi connectivity index (χ0) is 36.0. The molecule has 0 saturated heterocycles. The molecule has 0 aliphatic carbocycles. The summed E-state index contributed by atoms with van der Waals surface area (Å²) < 4.78 is 20.1. The Bertz CT molecular complexity index is 1250. The van der Waals surface area contributed by atoms with E-state index in [2.05, 4.69) is 36.0 Å². The third-order valence-corrected chi connectivity index (χ3v) is 5.78. The molecular formula is C34H53BrN4O8. The summed E-state index contributed by atoms with van der Waals surface area (Å²) in [6.45, 7) is 19.5. The molecule has 0 radical (unpaired) electrons. The van der Waals surface area contributed by atoms with Gasteiger partial charge in [0.25, 0.3) is 0 Å². The molecule has 0 unspecified atom stereocenters. The molecule has 1 N–H and O–H groups in total. The standard InChI is InChI=1S/C17H26N2O4.C11H16N2O2.C6H11BrO2/c1-6-22-15(20)8-7-11-19(16(21)23-17(3,4)5)14-12-13(2)9-10-18-14;1-8-5-6-12-9(7-8)13-10(14)15-11(2,3)4;1-2-9-6(8)4-3-5-7/h9-10,12H,6-8,11H2,1-5H3;5-7H,1-4H3,(H,12,13,14);2-5H2,1H3. The van der Waals surface area contributed by atoms with Crippen LogP contribution in [0.25, 0.3) is 0 Å². The first-order valence-electron chi connectivity index (χ1n) is 15.6. The molecule has 12 nitrogen and oxygen atoms in total. The van der Waals surface area contributed by atoms with Gasteiger partial charge in [0.05, 0.1) is 13.2 Å². The molecule has 2 aromatic rings. The fourth-order valence-corrected chi connectivity index (χ4v) is 3.64. The van der Waals surface area contributed by atoms with Gasteiger partial charge < -0.3 is 18.9 Å². The number of aromatic nitrogens is 2. The Morgan fingerprint density at radius 2 is 1.30 bits per heavy atom. The zero-order valence-electron chi connectivity index (χ0n) is 29.6. The van der Waals surface area contributed by atoms with Crippen molar-refractivity contribution in [1.82, 2.24) is 9.97 Å². The highest BCUT2D eigenvalue weighted by molar-refractivity contribution is 9.09. The Morgan fingerprint density at radius 1 is 0.787 bits per heavy atom. The highest BCUT2D eigenvalue weighted by atomic mass is 79.9. The second-order valence-electron chi connectivity index (χ2n) is 12.2. The second-order valence-corrected chi connectivity index (χ2v) is 13.0. The lowest BCUT2D eigenvalue weighted by Crippen LogP contribution is -2.38. The van der Waals surface area contributed by atoms with E-state index in [-0.39, 0.29) is 18.4 Å². The van der Waals surface area contributed by atoms with E-state index in [9.17, 15) is 19.2 Å². The van der Waals surface area contributed by atoms with Crippen LogP contribution >= 0.6 is 15.9 Å². The Balaban J connectivity index is 0.000000753. The number of alkyl halides is 1. The highest BCUT2D eigenvalue weighted by Gasteiger charge is 2.24. The van der Waals surface area contributed by atoms with Gasteiger partial charge in [-0.1, -0.05) is 15.9 Å². The molecule has 2 rings (SSSR count). The smallest absolute Gasteiger partial charge is 0.416 e. The first-order chi connectivity index (χ1) is 21.9. The van der Waals surface area contributed by atoms with E-state index >= 15 is 0 Å². The number of carbonyl (C=O) groups excluding carboxylic acids is 4. The maximum Gasteiger partial charge on any atom is 0.416 e. The third kappa shape index (κ3) is 23.3. The first-order valence-corrected chi connectivity index (χ1v) is 16.8. The minimum atomic E-state index is -0.597. The lowest BCUT2D eigenvalue weighted by Gasteiger charge is -2.26. The van der Waals surface area contributed by atoms with Crippen LogP contribution in [0.3, 0.4) is 0 Å². The summed E-state index contributed by atoms with van der Waals surface area (Å²) in [6, 6.07) is 7.31. The molecule has 0 aliphatic heterocycles. The topological polar surface area (TPSA) is 146 Å². The minimum Gasteiger partial charge on any atom is -0.466 e. The first kappa shape index (κ1) is 43.3. The number of ether oxygens (including phenoxy) is 4. The number of aryl methyl sites for hydroxylation is 2. The average molecular weight is 726 g/mol. The van der Waals surface area contributed by atoms with Crippen molar-refractivity contribution in [2.24, 2.45) is 0 Å². The number of amides is 2. The predicted molar refractivity (Wildman–Crippen MR) is 187 cm³/mol. The lowest BCUT2D eigenvalue weighted by atomic mass is 10.2. The SMILES string of the molecule is CCOC(=O)CCCBr.CCOC(=O)CCCN(C(=O)OC(C)(C)C)c1cc(C)ccn1.Cc1ccnc(NC(=O)OC(C)(C)C)c1. The van der Waals surface area contributed by atoms with Crippen molar-refractivity contribution < 1.29 is 38.1 Å². The maximum absolute atomic E-state index is 12.4. The van der Waals surface area contributed by atoms with Crippen molar-refractivity contribution in [3.63, 3.8) is 0 Å². The number of halogens is 1. The fourth-order valence-electron chi connectivity index (χ4n) is 3.36. The Morgan fingerprint density at radius 3 is 1.77 bits per heavy atom. The molecule has 0 atom stereocenters. The van der Waals surface area contributed by atoms with Gasteiger partial charge in [-0.25, -0.2) is 19.6 Å². The molecular weight excluding hydrogens is 672 g/mol. The zero-order valence-corrected chi connectivity index (χ0v) is 31.2. The highest BCUT2D eigenvalue weighted by Crippen LogP contribution is 2.18. The van der Waals surface area contributed by atoms with Crippen molar-refractivity contribution in [3.8, 4) is 0 Å². The summed E-state index contributed by atoms with van der Waals surface area (Å²) in [7, 11) is 0. The van der Waals surface area contributed by atoms with Crippen molar-refractivity contribution in [3.05, 3.63) is 47.8 Å². The van der Waals surface area contributed by atoms with Crippen LogP contribution in [0.1, 0.15) is 92.2 Å². The Kier molecular flexibility index (Phi) is 20.9. The molecule has 0 spiro atoms. The number of esters is 2. The molecule has 47 heavy (non-hydrogen) atoms. The Hall–Kier alpha value is -3.74. The van der Waals surface area contributed by atoms with E-state index in [0.717, 1.165) is 22.9 Å². The molecule has 2 aromatic heterocycles. The molecule has 0 aliphatic rings. The van der Waals surface area contributed by atoms with Gasteiger partial charge in [0.1, 0.15) is 22.8 Å². The third-order valence-electron chi connectivity index (χ3n) is 5.22. The summed E-state index contributed by atoms with van der Waals surface area (Å²) >= 11 is 3.22. The van der Waals surface area contributed by atoms with Crippen LogP contribution in [0.15, 0.2) is 36.7 Å². The van der Waals surface area contributed by atoms with Crippen molar-refractivity contribution in [1.29, 1.82) is 0 Å². The number of carbonyl (C=O) groups is 4. The van der Waals surface area contributed by atoms with Crippen molar-refractivity contribution in [2.45, 2.75) is 106 Å². The number of rotatable bonds is 11. The Labute approximate surface area is 288 Å². The molecule has 0 saturated carbocycles. The molecule has 0 aromatic carbocycles. The minimum absolute atomic E-state index is 0.100. The van der Waals surface area contributed by atoms with Crippen LogP contribution in [0.4, 0.5) is 21.2 Å². The maximum atomic E-state index is 12.4. The monoisotopic (exact) mass is 724 g/mol. The number of hydrogen-bond acceptors (Lipinski definition) is 10. The van der Waals surface area contributed by atoms with Gasteiger partial charge in [0.2, 0.25) is 0 Å². The summed E-state index contributed by atoms with van der Waals surface area (Å²) in [6.07, 6.45) is 4.44. The second kappa shape index (κ2) is 22.7. The van der Waals surface area contributed by atoms with Gasteiger partial charge >= 0.3 is 24.1 Å². The largest absolute Gasteiger partial charge is 0.466 e. The van der Waals surface area contributed by atoms with Crippen LogP contribution in [-0.4, -0.2) is 70.4 Å². The summed E-state index contributed by atoms with van der Waals surface area (Å²) in [4.78, 5) is 55.5. The van der Waals surface area contributed by atoms with E-state index in [1.54, 1.807) is 25.4 Å². The van der Waals surface area contributed by atoms with E-state index < -0.39 is 23.4 Å². The van der Waals surface area contributed by atoms with Crippen molar-refractivity contribution in [2.75, 3.05) is 35.3 Å². The van der Waals surface area contributed by atoms with Crippen LogP contribution in [0.2, 0.25) is 0 Å². The van der Waals surface area contributed by atoms with Crippen LogP contribution in [0.5, 0.6) is 0 Å². The van der Waals surface area contributed by atoms with Gasteiger partial charge in [-0.15, -0.1) is 0 Å². The van der Waals surface area contributed by atoms with Gasteiger partial charge in [-0.3, -0.25) is 19.8 Å². The number of nitrogens with one attached hydrogen (secondary N) is 1.